The average molecular weight is 498 g/mol. The molecule has 2 amide bonds. The predicted molar refractivity (Wildman–Crippen MR) is 136 cm³/mol. The Hall–Kier alpha value is -4.92. The van der Waals surface area contributed by atoms with E-state index in [-0.39, 0.29) is 0 Å². The zero-order chi connectivity index (χ0) is 26.1. The van der Waals surface area contributed by atoms with Gasteiger partial charge in [0.25, 0.3) is 0 Å². The van der Waals surface area contributed by atoms with Gasteiger partial charge in [-0.15, -0.1) is 0 Å². The highest BCUT2D eigenvalue weighted by atomic mass is 16.6. The van der Waals surface area contributed by atoms with Gasteiger partial charge in [0.05, 0.1) is 0 Å². The van der Waals surface area contributed by atoms with Crippen LogP contribution in [0.4, 0.5) is 16.2 Å². The maximum absolute atomic E-state index is 12.6. The number of aromatic nitrogens is 1. The van der Waals surface area contributed by atoms with Gasteiger partial charge in [-0.25, -0.2) is 4.79 Å². The van der Waals surface area contributed by atoms with E-state index in [1.165, 1.54) is 0 Å². The molecule has 0 saturated carbocycles. The van der Waals surface area contributed by atoms with E-state index < -0.39 is 30.0 Å². The van der Waals surface area contributed by atoms with Crippen LogP contribution in [0.25, 0.3) is 22.5 Å². The molecule has 2 heterocycles. The van der Waals surface area contributed by atoms with Gasteiger partial charge >= 0.3 is 12.1 Å². The number of carboxylic acid groups (broad SMARTS) is 1. The van der Waals surface area contributed by atoms with Crippen molar-refractivity contribution in [2.45, 2.75) is 25.9 Å². The van der Waals surface area contributed by atoms with Gasteiger partial charge in [-0.05, 0) is 42.2 Å². The Morgan fingerprint density at radius 2 is 1.70 bits per heavy atom. The molecule has 9 heteroatoms. The molecule has 2 atom stereocenters. The quantitative estimate of drug-likeness (QED) is 0.289. The molecule has 0 spiro atoms. The summed E-state index contributed by atoms with van der Waals surface area (Å²) in [5.74, 6) is -2.54. The number of aliphatic carboxylic acids is 1. The smallest absolute Gasteiger partial charge is 0.412 e. The van der Waals surface area contributed by atoms with Crippen LogP contribution in [0.15, 0.2) is 77.3 Å². The Morgan fingerprint density at radius 3 is 2.41 bits per heavy atom. The zero-order valence-corrected chi connectivity index (χ0v) is 20.0. The van der Waals surface area contributed by atoms with Gasteiger partial charge in [-0.3, -0.25) is 14.9 Å². The van der Waals surface area contributed by atoms with Gasteiger partial charge in [-0.2, -0.15) is 0 Å². The number of hydrogen-bond donors (Lipinski definition) is 3. The minimum Gasteiger partial charge on any atom is -0.480 e. The first-order chi connectivity index (χ1) is 17.8. The van der Waals surface area contributed by atoms with Gasteiger partial charge in [0.2, 0.25) is 5.91 Å². The monoisotopic (exact) mass is 497 g/mol. The van der Waals surface area contributed by atoms with E-state index in [1.54, 1.807) is 32.0 Å². The second-order valence-electron chi connectivity index (χ2n) is 8.70. The molecular formula is C28H23N3O6. The van der Waals surface area contributed by atoms with Crippen molar-refractivity contribution in [3.8, 4) is 22.5 Å². The number of fused-ring (bicyclic) bond motifs is 1. The fourth-order valence-corrected chi connectivity index (χ4v) is 4.30. The molecule has 0 fully saturated rings. The summed E-state index contributed by atoms with van der Waals surface area (Å²) in [6.45, 7) is 3.52. The third-order valence-electron chi connectivity index (χ3n) is 6.25. The molecule has 0 saturated heterocycles. The molecular weight excluding hydrogens is 474 g/mol. The number of aryl methyl sites for hydroxylation is 1. The molecule has 37 heavy (non-hydrogen) atoms. The normalized spacial score (nSPS) is 15.0. The van der Waals surface area contributed by atoms with Gasteiger partial charge < -0.3 is 19.7 Å². The van der Waals surface area contributed by atoms with Gasteiger partial charge in [-0.1, -0.05) is 71.9 Å². The maximum Gasteiger partial charge on any atom is 0.412 e. The number of benzene rings is 3. The van der Waals surface area contributed by atoms with Crippen molar-refractivity contribution in [1.82, 2.24) is 5.16 Å². The number of anilines is 2. The summed E-state index contributed by atoms with van der Waals surface area (Å²) in [4.78, 5) is 36.0. The molecule has 5 rings (SSSR count). The number of rotatable bonds is 6. The van der Waals surface area contributed by atoms with Crippen LogP contribution < -0.4 is 10.6 Å². The highest BCUT2D eigenvalue weighted by Gasteiger charge is 2.36. The first-order valence-electron chi connectivity index (χ1n) is 11.6. The molecule has 3 N–H and O–H groups in total. The SMILES string of the molecule is Cc1noc(-c2ccc(-c3ccc4c(c3)NC(=O)C4C(=O)O)cc2)c1NC(=O)OC(C)c1ccccc1. The van der Waals surface area contributed by atoms with Crippen molar-refractivity contribution in [1.29, 1.82) is 0 Å². The Morgan fingerprint density at radius 1 is 1.03 bits per heavy atom. The number of nitrogens with one attached hydrogen (secondary N) is 2. The molecule has 1 aliphatic heterocycles. The maximum atomic E-state index is 12.6. The lowest BCUT2D eigenvalue weighted by atomic mass is 9.96. The summed E-state index contributed by atoms with van der Waals surface area (Å²) in [5.41, 5.74) is 5.07. The minimum absolute atomic E-state index is 0.388. The van der Waals surface area contributed by atoms with Crippen molar-refractivity contribution < 1.29 is 28.8 Å². The summed E-state index contributed by atoms with van der Waals surface area (Å²) in [6, 6.07) is 22.0. The van der Waals surface area contributed by atoms with Crippen LogP contribution in [0.5, 0.6) is 0 Å². The Balaban J connectivity index is 1.33. The van der Waals surface area contributed by atoms with Crippen LogP contribution in [-0.2, 0) is 14.3 Å². The van der Waals surface area contributed by atoms with Crippen LogP contribution in [0.2, 0.25) is 0 Å². The summed E-state index contributed by atoms with van der Waals surface area (Å²) in [7, 11) is 0. The van der Waals surface area contributed by atoms with E-state index in [4.69, 9.17) is 9.26 Å². The third-order valence-corrected chi connectivity index (χ3v) is 6.25. The van der Waals surface area contributed by atoms with E-state index in [0.717, 1.165) is 16.7 Å². The van der Waals surface area contributed by atoms with E-state index >= 15 is 0 Å². The third kappa shape index (κ3) is 4.66. The van der Waals surface area contributed by atoms with E-state index in [2.05, 4.69) is 15.8 Å². The Bertz CT molecular complexity index is 1490. The van der Waals surface area contributed by atoms with E-state index in [1.807, 2.05) is 54.6 Å². The first-order valence-corrected chi connectivity index (χ1v) is 11.6. The van der Waals surface area contributed by atoms with Crippen LogP contribution in [0, 0.1) is 6.92 Å². The second kappa shape index (κ2) is 9.62. The molecule has 1 aliphatic rings. The molecule has 0 bridgehead atoms. The molecule has 9 nitrogen and oxygen atoms in total. The Labute approximate surface area is 212 Å². The van der Waals surface area contributed by atoms with Crippen molar-refractivity contribution in [3.05, 3.63) is 89.6 Å². The van der Waals surface area contributed by atoms with Crippen molar-refractivity contribution in [3.63, 3.8) is 0 Å². The van der Waals surface area contributed by atoms with Crippen LogP contribution in [0.3, 0.4) is 0 Å². The van der Waals surface area contributed by atoms with Crippen molar-refractivity contribution >= 4 is 29.3 Å². The van der Waals surface area contributed by atoms with E-state index in [9.17, 15) is 19.5 Å². The molecule has 0 aliphatic carbocycles. The minimum atomic E-state index is -1.20. The summed E-state index contributed by atoms with van der Waals surface area (Å²) < 4.78 is 11.0. The molecule has 186 valence electrons. The fourth-order valence-electron chi connectivity index (χ4n) is 4.30. The topological polar surface area (TPSA) is 131 Å². The number of amides is 2. The van der Waals surface area contributed by atoms with E-state index in [0.29, 0.717) is 34.0 Å². The number of hydrogen-bond acceptors (Lipinski definition) is 6. The fraction of sp³-hybridized carbons (Fsp3) is 0.143. The summed E-state index contributed by atoms with van der Waals surface area (Å²) >= 11 is 0. The molecule has 4 aromatic rings. The number of ether oxygens (including phenoxy) is 1. The molecule has 0 radical (unpaired) electrons. The van der Waals surface area contributed by atoms with Crippen LogP contribution in [0.1, 0.15) is 35.8 Å². The second-order valence-corrected chi connectivity index (χ2v) is 8.70. The first kappa shape index (κ1) is 23.8. The zero-order valence-electron chi connectivity index (χ0n) is 20.0. The van der Waals surface area contributed by atoms with Crippen molar-refractivity contribution in [2.75, 3.05) is 10.6 Å². The highest BCUT2D eigenvalue weighted by molar-refractivity contribution is 6.14. The summed E-state index contributed by atoms with van der Waals surface area (Å²) in [6.07, 6.45) is -1.06. The molecule has 2 unspecified atom stereocenters. The van der Waals surface area contributed by atoms with Crippen LogP contribution >= 0.6 is 0 Å². The van der Waals surface area contributed by atoms with Crippen molar-refractivity contribution in [2.24, 2.45) is 0 Å². The lowest BCUT2D eigenvalue weighted by molar-refractivity contribution is -0.141. The van der Waals surface area contributed by atoms with Gasteiger partial charge in [0.15, 0.2) is 11.7 Å². The van der Waals surface area contributed by atoms with Gasteiger partial charge in [0, 0.05) is 11.3 Å². The lowest BCUT2D eigenvalue weighted by Crippen LogP contribution is -2.20. The lowest BCUT2D eigenvalue weighted by Gasteiger charge is -2.14. The number of nitrogens with zero attached hydrogens (tertiary/aromatic N) is 1. The standard InChI is InChI=1S/C28H23N3O6/c1-15-24(30-28(35)36-16(2)17-6-4-3-5-7-17)25(37-31-15)19-10-8-18(9-11-19)20-12-13-21-22(14-20)29-26(32)23(21)27(33)34/h3-14,16,23H,1-2H3,(H,29,32)(H,30,35)(H,33,34). The predicted octanol–water partition coefficient (Wildman–Crippen LogP) is 5.75. The number of carbonyl (C=O) groups is 3. The summed E-state index contributed by atoms with van der Waals surface area (Å²) in [5, 5.41) is 18.7. The molecule has 3 aromatic carbocycles. The van der Waals surface area contributed by atoms with Crippen LogP contribution in [-0.4, -0.2) is 28.2 Å². The van der Waals surface area contributed by atoms with Gasteiger partial charge in [0.1, 0.15) is 17.5 Å². The molecule has 1 aromatic heterocycles. The Kier molecular flexibility index (Phi) is 6.19. The highest BCUT2D eigenvalue weighted by Crippen LogP contribution is 2.37. The number of carboxylic acids is 1. The average Bonchev–Trinajstić information content (AvgIpc) is 3.42. The largest absolute Gasteiger partial charge is 0.480 e. The number of carbonyl (C=O) groups excluding carboxylic acids is 2.